The van der Waals surface area contributed by atoms with Crippen LogP contribution in [-0.4, -0.2) is 24.0 Å². The summed E-state index contributed by atoms with van der Waals surface area (Å²) < 4.78 is 5.63. The average Bonchev–Trinajstić information content (AvgIpc) is 3.36. The molecule has 0 atom stereocenters. The molecule has 160 valence electrons. The number of aryl methyl sites for hydroxylation is 1. The molecule has 0 aliphatic rings. The van der Waals surface area contributed by atoms with Gasteiger partial charge < -0.3 is 4.57 Å². The first-order chi connectivity index (χ1) is 15.6. The van der Waals surface area contributed by atoms with E-state index < -0.39 is 0 Å². The van der Waals surface area contributed by atoms with Gasteiger partial charge >= 0.3 is 0 Å². The van der Waals surface area contributed by atoms with Crippen molar-refractivity contribution in [2.75, 3.05) is 0 Å². The zero-order valence-corrected chi connectivity index (χ0v) is 18.4. The van der Waals surface area contributed by atoms with Gasteiger partial charge in [0.05, 0.1) is 28.5 Å². The zero-order chi connectivity index (χ0) is 22.2. The molecule has 1 aromatic carbocycles. The van der Waals surface area contributed by atoms with Crippen LogP contribution in [0.25, 0.3) is 39.8 Å². The molecule has 0 N–H and O–H groups in total. The third-order valence-corrected chi connectivity index (χ3v) is 5.72. The predicted octanol–water partition coefficient (Wildman–Crippen LogP) is 5.28. The monoisotopic (exact) mass is 423 g/mol. The molecule has 5 aromatic rings. The molecular formula is C26H25N5O. The van der Waals surface area contributed by atoms with Gasteiger partial charge in [-0.2, -0.15) is 10.2 Å². The number of fused-ring (bicyclic) bond motifs is 2. The Hall–Kier alpha value is -3.93. The van der Waals surface area contributed by atoms with Gasteiger partial charge in [0.1, 0.15) is 0 Å². The lowest BCUT2D eigenvalue weighted by Gasteiger charge is -2.09. The van der Waals surface area contributed by atoms with Gasteiger partial charge in [-0.1, -0.05) is 30.3 Å². The molecule has 5 rings (SSSR count). The lowest BCUT2D eigenvalue weighted by Crippen LogP contribution is -2.23. The van der Waals surface area contributed by atoms with Gasteiger partial charge in [0, 0.05) is 41.5 Å². The molecular weight excluding hydrogens is 398 g/mol. The fourth-order valence-corrected chi connectivity index (χ4v) is 4.16. The minimum absolute atomic E-state index is 0.0246. The van der Waals surface area contributed by atoms with Crippen LogP contribution in [-0.2, 0) is 6.54 Å². The van der Waals surface area contributed by atoms with E-state index in [2.05, 4.69) is 53.1 Å². The van der Waals surface area contributed by atoms with Gasteiger partial charge in [0.25, 0.3) is 5.56 Å². The van der Waals surface area contributed by atoms with Crippen LogP contribution in [0.4, 0.5) is 0 Å². The number of nitrogens with zero attached hydrogens (tertiary/aromatic N) is 5. The SMILES string of the molecule is CCn1cc(C=Cc2nn3ccccc3c2-c2ccc(=O)n(C(C)C)n2)c2ccccc21. The number of benzene rings is 1. The van der Waals surface area contributed by atoms with Gasteiger partial charge in [-0.25, -0.2) is 9.20 Å². The molecule has 4 heterocycles. The second kappa shape index (κ2) is 7.96. The second-order valence-corrected chi connectivity index (χ2v) is 8.11. The Morgan fingerprint density at radius 2 is 1.72 bits per heavy atom. The predicted molar refractivity (Wildman–Crippen MR) is 130 cm³/mol. The van der Waals surface area contributed by atoms with Crippen LogP contribution in [0.15, 0.2) is 71.8 Å². The highest BCUT2D eigenvalue weighted by Crippen LogP contribution is 2.29. The van der Waals surface area contributed by atoms with Crippen molar-refractivity contribution in [2.24, 2.45) is 0 Å². The van der Waals surface area contributed by atoms with E-state index in [1.54, 1.807) is 12.1 Å². The van der Waals surface area contributed by atoms with E-state index in [-0.39, 0.29) is 11.6 Å². The van der Waals surface area contributed by atoms with Crippen molar-refractivity contribution in [3.63, 3.8) is 0 Å². The first-order valence-corrected chi connectivity index (χ1v) is 10.9. The number of aromatic nitrogens is 5. The lowest BCUT2D eigenvalue weighted by molar-refractivity contribution is 0.505. The minimum atomic E-state index is -0.107. The Kier molecular flexibility index (Phi) is 4.98. The molecule has 0 amide bonds. The zero-order valence-electron chi connectivity index (χ0n) is 18.4. The number of pyridine rings is 1. The summed E-state index contributed by atoms with van der Waals surface area (Å²) in [7, 11) is 0. The van der Waals surface area contributed by atoms with Crippen LogP contribution in [0.2, 0.25) is 0 Å². The van der Waals surface area contributed by atoms with Crippen molar-refractivity contribution in [1.29, 1.82) is 0 Å². The Balaban J connectivity index is 1.68. The quantitative estimate of drug-likeness (QED) is 0.386. The summed E-state index contributed by atoms with van der Waals surface area (Å²) in [4.78, 5) is 12.3. The molecule has 0 spiro atoms. The molecule has 0 saturated heterocycles. The molecule has 6 nitrogen and oxygen atoms in total. The average molecular weight is 424 g/mol. The van der Waals surface area contributed by atoms with E-state index in [9.17, 15) is 4.79 Å². The summed E-state index contributed by atoms with van der Waals surface area (Å²) in [6, 6.07) is 17.7. The molecule has 0 aliphatic heterocycles. The summed E-state index contributed by atoms with van der Waals surface area (Å²) >= 11 is 0. The van der Waals surface area contributed by atoms with Crippen molar-refractivity contribution < 1.29 is 0 Å². The number of rotatable bonds is 5. The van der Waals surface area contributed by atoms with Crippen molar-refractivity contribution in [3.05, 3.63) is 88.6 Å². The molecule has 0 radical (unpaired) electrons. The van der Waals surface area contributed by atoms with Crippen LogP contribution in [0, 0.1) is 0 Å². The fourth-order valence-electron chi connectivity index (χ4n) is 4.16. The third kappa shape index (κ3) is 3.34. The Bertz CT molecular complexity index is 1520. The highest BCUT2D eigenvalue weighted by molar-refractivity contribution is 5.94. The van der Waals surface area contributed by atoms with Crippen molar-refractivity contribution in [2.45, 2.75) is 33.4 Å². The molecule has 0 aliphatic carbocycles. The smallest absolute Gasteiger partial charge is 0.267 e. The first kappa shape index (κ1) is 20.0. The highest BCUT2D eigenvalue weighted by atomic mass is 16.1. The molecule has 6 heteroatoms. The maximum absolute atomic E-state index is 12.3. The topological polar surface area (TPSA) is 57.1 Å². The van der Waals surface area contributed by atoms with Crippen LogP contribution in [0.1, 0.15) is 38.1 Å². The second-order valence-electron chi connectivity index (χ2n) is 8.11. The van der Waals surface area contributed by atoms with Gasteiger partial charge in [-0.15, -0.1) is 0 Å². The minimum Gasteiger partial charge on any atom is -0.347 e. The Labute approximate surface area is 186 Å². The van der Waals surface area contributed by atoms with E-state index >= 15 is 0 Å². The summed E-state index contributed by atoms with van der Waals surface area (Å²) in [6.07, 6.45) is 8.25. The van der Waals surface area contributed by atoms with E-state index in [4.69, 9.17) is 5.10 Å². The molecule has 0 fully saturated rings. The van der Waals surface area contributed by atoms with E-state index in [1.165, 1.54) is 15.6 Å². The Morgan fingerprint density at radius 3 is 2.53 bits per heavy atom. The van der Waals surface area contributed by atoms with Crippen LogP contribution in [0.3, 0.4) is 0 Å². The summed E-state index contributed by atoms with van der Waals surface area (Å²) in [6.45, 7) is 6.97. The van der Waals surface area contributed by atoms with Crippen molar-refractivity contribution >= 4 is 28.6 Å². The summed E-state index contributed by atoms with van der Waals surface area (Å²) in [5.41, 5.74) is 5.66. The van der Waals surface area contributed by atoms with E-state index in [1.807, 2.05) is 48.8 Å². The molecule has 32 heavy (non-hydrogen) atoms. The standard InChI is InChI=1S/C26H25N5O/c1-4-29-17-19(20-9-5-6-10-23(20)29)12-13-21-26(24-11-7-8-16-30(24)27-21)22-14-15-25(32)31(28-22)18(2)3/h5-18H,4H2,1-3H3. The van der Waals surface area contributed by atoms with Crippen molar-refractivity contribution in [1.82, 2.24) is 24.0 Å². The normalized spacial score (nSPS) is 12.0. The number of para-hydroxylation sites is 1. The largest absolute Gasteiger partial charge is 0.347 e. The number of hydrogen-bond donors (Lipinski definition) is 0. The fraction of sp³-hybridized carbons (Fsp3) is 0.192. The highest BCUT2D eigenvalue weighted by Gasteiger charge is 2.16. The van der Waals surface area contributed by atoms with Gasteiger partial charge in [0.2, 0.25) is 0 Å². The lowest BCUT2D eigenvalue weighted by atomic mass is 10.1. The summed E-state index contributed by atoms with van der Waals surface area (Å²) in [5, 5.41) is 10.7. The molecule has 4 aromatic heterocycles. The molecule has 0 bridgehead atoms. The first-order valence-electron chi connectivity index (χ1n) is 10.9. The van der Waals surface area contributed by atoms with Crippen LogP contribution >= 0.6 is 0 Å². The molecule has 0 unspecified atom stereocenters. The van der Waals surface area contributed by atoms with Gasteiger partial charge in [-0.05, 0) is 51.1 Å². The van der Waals surface area contributed by atoms with E-state index in [0.717, 1.165) is 34.6 Å². The number of hydrogen-bond acceptors (Lipinski definition) is 3. The van der Waals surface area contributed by atoms with Crippen LogP contribution < -0.4 is 5.56 Å². The van der Waals surface area contributed by atoms with Gasteiger partial charge in [0.15, 0.2) is 0 Å². The third-order valence-electron chi connectivity index (χ3n) is 5.72. The van der Waals surface area contributed by atoms with Gasteiger partial charge in [-0.3, -0.25) is 4.79 Å². The van der Waals surface area contributed by atoms with Crippen molar-refractivity contribution in [3.8, 4) is 11.3 Å². The van der Waals surface area contributed by atoms with Crippen LogP contribution in [0.5, 0.6) is 0 Å². The Morgan fingerprint density at radius 1 is 0.938 bits per heavy atom. The maximum atomic E-state index is 12.3. The summed E-state index contributed by atoms with van der Waals surface area (Å²) in [5.74, 6) is 0. The molecule has 0 saturated carbocycles. The van der Waals surface area contributed by atoms with E-state index in [0.29, 0.717) is 0 Å². The maximum Gasteiger partial charge on any atom is 0.267 e.